The van der Waals surface area contributed by atoms with E-state index in [4.69, 9.17) is 0 Å². The van der Waals surface area contributed by atoms with Crippen LogP contribution in [0.4, 0.5) is 5.95 Å². The molecule has 0 atom stereocenters. The normalized spacial score (nSPS) is 10.4. The van der Waals surface area contributed by atoms with E-state index in [-0.39, 0.29) is 0 Å². The highest BCUT2D eigenvalue weighted by molar-refractivity contribution is 5.28. The quantitative estimate of drug-likeness (QED) is 0.829. The van der Waals surface area contributed by atoms with Crippen molar-refractivity contribution in [2.24, 2.45) is 0 Å². The molecule has 4 heteroatoms. The van der Waals surface area contributed by atoms with Crippen LogP contribution in [0.2, 0.25) is 0 Å². The zero-order valence-electron chi connectivity index (χ0n) is 10.1. The van der Waals surface area contributed by atoms with Crippen molar-refractivity contribution in [3.8, 4) is 0 Å². The fourth-order valence-electron chi connectivity index (χ4n) is 1.67. The molecule has 0 saturated heterocycles. The topological polar surface area (TPSA) is 42.7 Å². The van der Waals surface area contributed by atoms with Gasteiger partial charge in [0.15, 0.2) is 0 Å². The predicted molar refractivity (Wildman–Crippen MR) is 68.7 cm³/mol. The van der Waals surface area contributed by atoms with Gasteiger partial charge in [-0.15, -0.1) is 0 Å². The number of hydrogen-bond donors (Lipinski definition) is 1. The molecule has 0 saturated carbocycles. The fraction of sp³-hybridized carbons (Fsp3) is 0.385. The van der Waals surface area contributed by atoms with Gasteiger partial charge in [-0.1, -0.05) is 13.3 Å². The lowest BCUT2D eigenvalue weighted by molar-refractivity contribution is 0.635. The summed E-state index contributed by atoms with van der Waals surface area (Å²) in [6, 6.07) is 4.01. The highest BCUT2D eigenvalue weighted by Crippen LogP contribution is 2.08. The first kappa shape index (κ1) is 11.6. The molecule has 0 amide bonds. The lowest BCUT2D eigenvalue weighted by Crippen LogP contribution is -2.07. The Morgan fingerprint density at radius 3 is 2.82 bits per heavy atom. The summed E-state index contributed by atoms with van der Waals surface area (Å²) in [4.78, 5) is 8.32. The Kier molecular flexibility index (Phi) is 4.13. The number of anilines is 1. The Labute approximate surface area is 102 Å². The van der Waals surface area contributed by atoms with Crippen LogP contribution in [-0.2, 0) is 13.1 Å². The zero-order valence-corrected chi connectivity index (χ0v) is 10.1. The Bertz CT molecular complexity index is 436. The summed E-state index contributed by atoms with van der Waals surface area (Å²) >= 11 is 0. The maximum Gasteiger partial charge on any atom is 0.203 e. The first-order valence-corrected chi connectivity index (χ1v) is 6.04. The average molecular weight is 230 g/mol. The molecule has 0 spiro atoms. The number of hydrogen-bond acceptors (Lipinski definition) is 3. The number of nitrogens with one attached hydrogen (secondary N) is 1. The van der Waals surface area contributed by atoms with Crippen LogP contribution in [0.1, 0.15) is 25.3 Å². The third kappa shape index (κ3) is 3.31. The minimum atomic E-state index is 0.783. The summed E-state index contributed by atoms with van der Waals surface area (Å²) in [6.07, 6.45) is 9.85. The van der Waals surface area contributed by atoms with Gasteiger partial charge in [0.05, 0.1) is 0 Å². The van der Waals surface area contributed by atoms with Gasteiger partial charge >= 0.3 is 0 Å². The third-order valence-electron chi connectivity index (χ3n) is 2.67. The molecular weight excluding hydrogens is 212 g/mol. The van der Waals surface area contributed by atoms with Crippen LogP contribution in [0.3, 0.4) is 0 Å². The maximum atomic E-state index is 4.32. The number of nitrogens with zero attached hydrogens (tertiary/aromatic N) is 3. The van der Waals surface area contributed by atoms with E-state index in [2.05, 4.69) is 26.8 Å². The number of rotatable bonds is 6. The van der Waals surface area contributed by atoms with E-state index in [1.165, 1.54) is 18.4 Å². The van der Waals surface area contributed by atoms with Crippen LogP contribution in [0, 0.1) is 0 Å². The third-order valence-corrected chi connectivity index (χ3v) is 2.67. The number of imidazole rings is 1. The van der Waals surface area contributed by atoms with E-state index in [9.17, 15) is 0 Å². The van der Waals surface area contributed by atoms with Gasteiger partial charge in [-0.05, 0) is 24.1 Å². The SMILES string of the molecule is CCCCn1ccnc1NCc1ccncc1. The molecule has 0 aliphatic heterocycles. The van der Waals surface area contributed by atoms with Gasteiger partial charge in [-0.3, -0.25) is 4.98 Å². The highest BCUT2D eigenvalue weighted by Gasteiger charge is 2.01. The van der Waals surface area contributed by atoms with Crippen molar-refractivity contribution in [1.29, 1.82) is 0 Å². The first-order chi connectivity index (χ1) is 8.40. The summed E-state index contributed by atoms with van der Waals surface area (Å²) in [6.45, 7) is 4.00. The van der Waals surface area contributed by atoms with E-state index in [1.807, 2.05) is 24.5 Å². The van der Waals surface area contributed by atoms with E-state index in [0.717, 1.165) is 19.0 Å². The van der Waals surface area contributed by atoms with Gasteiger partial charge in [0, 0.05) is 37.9 Å². The molecule has 17 heavy (non-hydrogen) atoms. The van der Waals surface area contributed by atoms with E-state index in [1.54, 1.807) is 12.4 Å². The summed E-state index contributed by atoms with van der Waals surface area (Å²) in [5.74, 6) is 0.940. The second kappa shape index (κ2) is 6.03. The molecule has 0 aromatic carbocycles. The van der Waals surface area contributed by atoms with Crippen LogP contribution < -0.4 is 5.32 Å². The van der Waals surface area contributed by atoms with Gasteiger partial charge in [-0.25, -0.2) is 4.98 Å². The summed E-state index contributed by atoms with van der Waals surface area (Å²) in [7, 11) is 0. The molecule has 4 nitrogen and oxygen atoms in total. The van der Waals surface area contributed by atoms with Crippen LogP contribution in [0.15, 0.2) is 36.9 Å². The van der Waals surface area contributed by atoms with E-state index >= 15 is 0 Å². The van der Waals surface area contributed by atoms with E-state index in [0.29, 0.717) is 0 Å². The molecule has 1 N–H and O–H groups in total. The Morgan fingerprint density at radius 1 is 1.24 bits per heavy atom. The molecule has 2 heterocycles. The summed E-state index contributed by atoms with van der Waals surface area (Å²) in [5.41, 5.74) is 1.21. The van der Waals surface area contributed by atoms with Crippen molar-refractivity contribution in [3.05, 3.63) is 42.5 Å². The van der Waals surface area contributed by atoms with Gasteiger partial charge in [0.25, 0.3) is 0 Å². The van der Waals surface area contributed by atoms with Crippen molar-refractivity contribution < 1.29 is 0 Å². The minimum Gasteiger partial charge on any atom is -0.352 e. The molecule has 2 rings (SSSR count). The van der Waals surface area contributed by atoms with Crippen molar-refractivity contribution in [1.82, 2.24) is 14.5 Å². The smallest absolute Gasteiger partial charge is 0.203 e. The molecule has 0 aliphatic rings. The lowest BCUT2D eigenvalue weighted by Gasteiger charge is -2.09. The fourth-order valence-corrected chi connectivity index (χ4v) is 1.67. The maximum absolute atomic E-state index is 4.32. The van der Waals surface area contributed by atoms with E-state index < -0.39 is 0 Å². The standard InChI is InChI=1S/C13H18N4/c1-2-3-9-17-10-8-15-13(17)16-11-12-4-6-14-7-5-12/h4-8,10H,2-3,9,11H2,1H3,(H,15,16). The first-order valence-electron chi connectivity index (χ1n) is 6.04. The summed E-state index contributed by atoms with van der Waals surface area (Å²) in [5, 5.41) is 3.34. The predicted octanol–water partition coefficient (Wildman–Crippen LogP) is 2.69. The van der Waals surface area contributed by atoms with Gasteiger partial charge in [-0.2, -0.15) is 0 Å². The average Bonchev–Trinajstić information content (AvgIpc) is 2.82. The number of pyridine rings is 1. The molecule has 2 aromatic rings. The molecule has 0 fully saturated rings. The van der Waals surface area contributed by atoms with Crippen LogP contribution in [-0.4, -0.2) is 14.5 Å². The number of aromatic nitrogens is 3. The number of unbranched alkanes of at least 4 members (excludes halogenated alkanes) is 1. The Hall–Kier alpha value is -1.84. The van der Waals surface area contributed by atoms with Gasteiger partial charge in [0.1, 0.15) is 0 Å². The second-order valence-electron chi connectivity index (χ2n) is 4.01. The minimum absolute atomic E-state index is 0.783. The molecule has 0 radical (unpaired) electrons. The highest BCUT2D eigenvalue weighted by atomic mass is 15.2. The van der Waals surface area contributed by atoms with Crippen molar-refractivity contribution in [3.63, 3.8) is 0 Å². The second-order valence-corrected chi connectivity index (χ2v) is 4.01. The van der Waals surface area contributed by atoms with Gasteiger partial charge < -0.3 is 9.88 Å². The molecule has 2 aromatic heterocycles. The van der Waals surface area contributed by atoms with Crippen molar-refractivity contribution in [2.45, 2.75) is 32.9 Å². The van der Waals surface area contributed by atoms with Crippen molar-refractivity contribution >= 4 is 5.95 Å². The monoisotopic (exact) mass is 230 g/mol. The molecule has 0 unspecified atom stereocenters. The van der Waals surface area contributed by atoms with Crippen LogP contribution in [0.25, 0.3) is 0 Å². The number of aryl methyl sites for hydroxylation is 1. The molecular formula is C13H18N4. The van der Waals surface area contributed by atoms with Crippen molar-refractivity contribution in [2.75, 3.05) is 5.32 Å². The van der Waals surface area contributed by atoms with Crippen LogP contribution in [0.5, 0.6) is 0 Å². The Morgan fingerprint density at radius 2 is 2.06 bits per heavy atom. The Balaban J connectivity index is 1.92. The van der Waals surface area contributed by atoms with Gasteiger partial charge in [0.2, 0.25) is 5.95 Å². The molecule has 0 aliphatic carbocycles. The zero-order chi connectivity index (χ0) is 11.9. The summed E-state index contributed by atoms with van der Waals surface area (Å²) < 4.78 is 2.16. The molecule has 90 valence electrons. The van der Waals surface area contributed by atoms with Crippen LogP contribution >= 0.6 is 0 Å². The molecule has 0 bridgehead atoms. The lowest BCUT2D eigenvalue weighted by atomic mass is 10.3. The largest absolute Gasteiger partial charge is 0.352 e.